The zero-order valence-corrected chi connectivity index (χ0v) is 18.2. The van der Waals surface area contributed by atoms with E-state index < -0.39 is 17.8 Å². The van der Waals surface area contributed by atoms with Crippen LogP contribution in [0.3, 0.4) is 0 Å². The van der Waals surface area contributed by atoms with Crippen molar-refractivity contribution in [3.63, 3.8) is 0 Å². The Morgan fingerprint density at radius 1 is 1.03 bits per heavy atom. The average Bonchev–Trinajstić information content (AvgIpc) is 3.12. The molecule has 1 saturated carbocycles. The molecular formula is C25H25F4N3O2. The zero-order valence-electron chi connectivity index (χ0n) is 18.2. The van der Waals surface area contributed by atoms with Gasteiger partial charge in [-0.15, -0.1) is 0 Å². The predicted octanol–water partition coefficient (Wildman–Crippen LogP) is 3.99. The van der Waals surface area contributed by atoms with Crippen molar-refractivity contribution in [2.75, 3.05) is 6.61 Å². The van der Waals surface area contributed by atoms with Gasteiger partial charge in [-0.1, -0.05) is 24.3 Å². The molecule has 1 aliphatic carbocycles. The van der Waals surface area contributed by atoms with Crippen LogP contribution in [0.1, 0.15) is 23.2 Å². The number of benzene rings is 2. The third-order valence-electron chi connectivity index (χ3n) is 6.36. The second kappa shape index (κ2) is 10.2. The van der Waals surface area contributed by atoms with Crippen LogP contribution in [-0.4, -0.2) is 38.9 Å². The van der Waals surface area contributed by atoms with Crippen molar-refractivity contribution in [2.45, 2.75) is 37.7 Å². The molecule has 5 nitrogen and oxygen atoms in total. The second-order valence-corrected chi connectivity index (χ2v) is 8.58. The molecule has 3 N–H and O–H groups in total. The summed E-state index contributed by atoms with van der Waals surface area (Å²) in [6, 6.07) is 12.5. The van der Waals surface area contributed by atoms with Gasteiger partial charge in [-0.05, 0) is 54.7 Å². The van der Waals surface area contributed by atoms with E-state index in [0.29, 0.717) is 25.1 Å². The molecule has 0 spiro atoms. The molecule has 9 heteroatoms. The van der Waals surface area contributed by atoms with Crippen molar-refractivity contribution in [1.29, 1.82) is 0 Å². The molecule has 3 aromatic rings. The van der Waals surface area contributed by atoms with Crippen LogP contribution in [0.25, 0.3) is 11.4 Å². The van der Waals surface area contributed by atoms with E-state index >= 15 is 0 Å². The van der Waals surface area contributed by atoms with Gasteiger partial charge in [-0.2, -0.15) is 13.2 Å². The van der Waals surface area contributed by atoms with Crippen LogP contribution in [0.4, 0.5) is 17.6 Å². The Morgan fingerprint density at radius 3 is 2.50 bits per heavy atom. The predicted molar refractivity (Wildman–Crippen MR) is 118 cm³/mol. The number of rotatable bonds is 7. The second-order valence-electron chi connectivity index (χ2n) is 8.58. The van der Waals surface area contributed by atoms with Gasteiger partial charge in [0, 0.05) is 42.6 Å². The van der Waals surface area contributed by atoms with Crippen LogP contribution in [0.5, 0.6) is 0 Å². The first-order chi connectivity index (χ1) is 16.2. The lowest BCUT2D eigenvalue weighted by atomic mass is 9.88. The summed E-state index contributed by atoms with van der Waals surface area (Å²) in [6.45, 7) is 0.262. The summed E-state index contributed by atoms with van der Waals surface area (Å²) in [7, 11) is 0. The molecule has 1 heterocycles. The number of alkyl halides is 3. The van der Waals surface area contributed by atoms with Gasteiger partial charge in [0.2, 0.25) is 0 Å². The number of hydrogen-bond donors (Lipinski definition) is 3. The number of hydrogen-bond acceptors (Lipinski definition) is 5. The van der Waals surface area contributed by atoms with Crippen LogP contribution in [0, 0.1) is 17.7 Å². The van der Waals surface area contributed by atoms with E-state index in [1.807, 2.05) is 0 Å². The maximum absolute atomic E-state index is 13.2. The van der Waals surface area contributed by atoms with E-state index in [9.17, 15) is 27.8 Å². The molecular weight excluding hydrogens is 450 g/mol. The summed E-state index contributed by atoms with van der Waals surface area (Å²) in [5.74, 6) is -0.681. The molecule has 2 aromatic carbocycles. The van der Waals surface area contributed by atoms with Gasteiger partial charge < -0.3 is 15.5 Å². The smallest absolute Gasteiger partial charge is 0.396 e. The number of aromatic nitrogens is 2. The molecule has 0 amide bonds. The van der Waals surface area contributed by atoms with Crippen LogP contribution < -0.4 is 5.32 Å². The molecule has 4 rings (SSSR count). The minimum Gasteiger partial charge on any atom is -0.396 e. The van der Waals surface area contributed by atoms with E-state index in [2.05, 4.69) is 15.3 Å². The van der Waals surface area contributed by atoms with Crippen LogP contribution >= 0.6 is 0 Å². The van der Waals surface area contributed by atoms with Gasteiger partial charge in [-0.25, -0.2) is 14.4 Å². The van der Waals surface area contributed by atoms with E-state index in [4.69, 9.17) is 0 Å². The molecule has 0 radical (unpaired) electrons. The first-order valence-electron chi connectivity index (χ1n) is 11.0. The van der Waals surface area contributed by atoms with Gasteiger partial charge >= 0.3 is 6.18 Å². The van der Waals surface area contributed by atoms with Crippen LogP contribution in [0.15, 0.2) is 60.8 Å². The lowest BCUT2D eigenvalue weighted by Crippen LogP contribution is -2.36. The van der Waals surface area contributed by atoms with Crippen molar-refractivity contribution >= 4 is 0 Å². The highest BCUT2D eigenvalue weighted by molar-refractivity contribution is 5.56. The summed E-state index contributed by atoms with van der Waals surface area (Å²) in [5.41, 5.74) is 0.973. The Balaban J connectivity index is 1.52. The lowest BCUT2D eigenvalue weighted by molar-refractivity contribution is -0.137. The molecule has 34 heavy (non-hydrogen) atoms. The largest absolute Gasteiger partial charge is 0.416 e. The summed E-state index contributed by atoms with van der Waals surface area (Å²) in [5, 5.41) is 23.8. The summed E-state index contributed by atoms with van der Waals surface area (Å²) in [6.07, 6.45) is -2.84. The highest BCUT2D eigenvalue weighted by Gasteiger charge is 2.42. The molecule has 1 aliphatic rings. The molecule has 180 valence electrons. The van der Waals surface area contributed by atoms with Crippen LogP contribution in [0.2, 0.25) is 0 Å². The Labute approximate surface area is 194 Å². The summed E-state index contributed by atoms with van der Waals surface area (Å²) < 4.78 is 52.5. The van der Waals surface area contributed by atoms with E-state index in [-0.39, 0.29) is 41.7 Å². The van der Waals surface area contributed by atoms with E-state index in [1.165, 1.54) is 30.5 Å². The molecule has 1 fully saturated rings. The van der Waals surface area contributed by atoms with Gasteiger partial charge in [0.1, 0.15) is 5.82 Å². The van der Waals surface area contributed by atoms with Crippen molar-refractivity contribution in [1.82, 2.24) is 15.3 Å². The van der Waals surface area contributed by atoms with Gasteiger partial charge in [-0.3, -0.25) is 0 Å². The fourth-order valence-corrected chi connectivity index (χ4v) is 4.56. The normalized spacial score (nSPS) is 22.8. The van der Waals surface area contributed by atoms with Crippen LogP contribution in [-0.2, 0) is 19.1 Å². The number of halogens is 4. The summed E-state index contributed by atoms with van der Waals surface area (Å²) in [4.78, 5) is 8.61. The SMILES string of the molecule is OCC1C(O)CC(NCc2ccc(F)cc2)C1Cc1ccnc(-c2cccc(C(F)(F)F)c2)n1. The van der Waals surface area contributed by atoms with Gasteiger partial charge in [0.15, 0.2) is 5.82 Å². The molecule has 4 atom stereocenters. The standard InChI is InChI=1S/C25H25F4N3O2/c26-18-6-4-15(5-7-18)13-31-22-12-23(34)21(14-33)20(22)11-19-8-9-30-24(32-19)16-2-1-3-17(10-16)25(27,28)29/h1-10,20-23,31,33-34H,11-14H2. The third kappa shape index (κ3) is 5.60. The highest BCUT2D eigenvalue weighted by atomic mass is 19.4. The third-order valence-corrected chi connectivity index (χ3v) is 6.36. The number of nitrogens with one attached hydrogen (secondary N) is 1. The van der Waals surface area contributed by atoms with Crippen molar-refractivity contribution in [2.24, 2.45) is 11.8 Å². The number of aliphatic hydroxyl groups is 2. The fraction of sp³-hybridized carbons (Fsp3) is 0.360. The highest BCUT2D eigenvalue weighted by Crippen LogP contribution is 2.35. The number of aliphatic hydroxyl groups excluding tert-OH is 2. The Bertz CT molecular complexity index is 1110. The van der Waals surface area contributed by atoms with E-state index in [1.54, 1.807) is 18.2 Å². The molecule has 0 aliphatic heterocycles. The summed E-state index contributed by atoms with van der Waals surface area (Å²) >= 11 is 0. The minimum absolute atomic E-state index is 0.135. The topological polar surface area (TPSA) is 78.3 Å². The Hall–Kier alpha value is -2.88. The van der Waals surface area contributed by atoms with Crippen molar-refractivity contribution in [3.8, 4) is 11.4 Å². The average molecular weight is 475 g/mol. The first kappa shape index (κ1) is 24.3. The minimum atomic E-state index is -4.47. The van der Waals surface area contributed by atoms with Gasteiger partial charge in [0.05, 0.1) is 11.7 Å². The maximum Gasteiger partial charge on any atom is 0.416 e. The van der Waals surface area contributed by atoms with Gasteiger partial charge in [0.25, 0.3) is 0 Å². The van der Waals surface area contributed by atoms with E-state index in [0.717, 1.165) is 17.7 Å². The number of nitrogens with zero attached hydrogens (tertiary/aromatic N) is 2. The van der Waals surface area contributed by atoms with Crippen molar-refractivity contribution in [3.05, 3.63) is 83.4 Å². The van der Waals surface area contributed by atoms with Crippen molar-refractivity contribution < 1.29 is 27.8 Å². The molecule has 1 aromatic heterocycles. The Morgan fingerprint density at radius 2 is 1.79 bits per heavy atom. The lowest BCUT2D eigenvalue weighted by Gasteiger charge is -2.25. The first-order valence-corrected chi connectivity index (χ1v) is 11.0. The maximum atomic E-state index is 13.2. The Kier molecular flexibility index (Phi) is 7.25. The quantitative estimate of drug-likeness (QED) is 0.451. The molecule has 0 saturated heterocycles. The fourth-order valence-electron chi connectivity index (χ4n) is 4.56. The zero-order chi connectivity index (χ0) is 24.3. The monoisotopic (exact) mass is 475 g/mol. The molecule has 0 bridgehead atoms. The molecule has 4 unspecified atom stereocenters.